The second kappa shape index (κ2) is 7.46. The van der Waals surface area contributed by atoms with Crippen molar-refractivity contribution in [2.75, 3.05) is 0 Å². The van der Waals surface area contributed by atoms with Crippen LogP contribution < -0.4 is 11.2 Å². The summed E-state index contributed by atoms with van der Waals surface area (Å²) in [6.45, 7) is 0.669. The second-order valence-corrected chi connectivity index (χ2v) is 9.16. The number of hydrogen-bond acceptors (Lipinski definition) is 4. The SMILES string of the molecule is Cn1c(=O)c2c(-c3cccc(F)c3)n3c(c2n(C)c1=O)[C@H](c1nc(Cl)cs1)CCCC3. The molecule has 1 aliphatic heterocycles. The van der Waals surface area contributed by atoms with E-state index >= 15 is 0 Å². The molecule has 0 aliphatic carbocycles. The molecule has 0 unspecified atom stereocenters. The van der Waals surface area contributed by atoms with Gasteiger partial charge in [-0.25, -0.2) is 14.2 Å². The average Bonchev–Trinajstić information content (AvgIpc) is 3.25. The predicted molar refractivity (Wildman–Crippen MR) is 121 cm³/mol. The number of thiazole rings is 1. The highest BCUT2D eigenvalue weighted by Crippen LogP contribution is 2.43. The van der Waals surface area contributed by atoms with Crippen LogP contribution in [0.5, 0.6) is 0 Å². The molecule has 1 atom stereocenters. The number of aryl methyl sites for hydroxylation is 1. The Hall–Kier alpha value is -2.71. The molecule has 0 fully saturated rings. The zero-order chi connectivity index (χ0) is 21.9. The van der Waals surface area contributed by atoms with Gasteiger partial charge in [-0.1, -0.05) is 30.2 Å². The van der Waals surface area contributed by atoms with Gasteiger partial charge in [-0.05, 0) is 25.0 Å². The van der Waals surface area contributed by atoms with E-state index in [1.807, 2.05) is 0 Å². The molecular formula is C22H20ClFN4O2S. The molecule has 9 heteroatoms. The molecule has 3 aromatic heterocycles. The standard InChI is InChI=1S/C22H20ClFN4O2S/c1-26-19-16(21(29)27(2)22(26)30)17(12-6-5-7-13(24)10-12)28-9-4-3-8-14(18(19)28)20-25-15(23)11-31-20/h5-7,10-11,14H,3-4,8-9H2,1-2H3/t14-/m1/s1. The Bertz CT molecular complexity index is 1450. The maximum Gasteiger partial charge on any atom is 0.331 e. The molecule has 1 aromatic carbocycles. The molecule has 4 aromatic rings. The number of aromatic nitrogens is 4. The molecule has 0 spiro atoms. The molecule has 6 nitrogen and oxygen atoms in total. The molecular weight excluding hydrogens is 439 g/mol. The van der Waals surface area contributed by atoms with E-state index in [2.05, 4.69) is 9.55 Å². The van der Waals surface area contributed by atoms with Crippen molar-refractivity contribution in [3.05, 3.63) is 72.2 Å². The number of halogens is 2. The van der Waals surface area contributed by atoms with E-state index in [1.165, 1.54) is 35.1 Å². The largest absolute Gasteiger partial charge is 0.341 e. The van der Waals surface area contributed by atoms with Crippen molar-refractivity contribution in [2.45, 2.75) is 31.7 Å². The Kier molecular flexibility index (Phi) is 4.86. The van der Waals surface area contributed by atoms with Gasteiger partial charge in [-0.2, -0.15) is 0 Å². The number of fused-ring (bicyclic) bond motifs is 3. The monoisotopic (exact) mass is 458 g/mol. The Balaban J connectivity index is 1.98. The summed E-state index contributed by atoms with van der Waals surface area (Å²) in [6.07, 6.45) is 2.70. The quantitative estimate of drug-likeness (QED) is 0.450. The molecule has 0 radical (unpaired) electrons. The minimum atomic E-state index is -0.392. The fourth-order valence-corrected chi connectivity index (χ4v) is 5.77. The Morgan fingerprint density at radius 3 is 2.71 bits per heavy atom. The van der Waals surface area contributed by atoms with Gasteiger partial charge < -0.3 is 4.57 Å². The van der Waals surface area contributed by atoms with E-state index in [0.29, 0.717) is 33.9 Å². The van der Waals surface area contributed by atoms with Crippen molar-refractivity contribution in [2.24, 2.45) is 14.1 Å². The lowest BCUT2D eigenvalue weighted by atomic mass is 9.99. The molecule has 160 valence electrons. The van der Waals surface area contributed by atoms with Crippen LogP contribution in [0.1, 0.15) is 35.9 Å². The third-order valence-corrected chi connectivity index (χ3v) is 7.33. The maximum absolute atomic E-state index is 14.2. The molecule has 0 saturated heterocycles. The molecule has 0 N–H and O–H groups in total. The van der Waals surface area contributed by atoms with Crippen LogP contribution in [-0.4, -0.2) is 18.7 Å². The molecule has 0 bridgehead atoms. The van der Waals surface area contributed by atoms with E-state index in [4.69, 9.17) is 11.6 Å². The van der Waals surface area contributed by atoms with Crippen LogP contribution in [0, 0.1) is 5.82 Å². The molecule has 1 aliphatic rings. The predicted octanol–water partition coefficient (Wildman–Crippen LogP) is 4.27. The van der Waals surface area contributed by atoms with Crippen molar-refractivity contribution in [1.82, 2.24) is 18.7 Å². The smallest absolute Gasteiger partial charge is 0.331 e. The topological polar surface area (TPSA) is 61.8 Å². The first-order valence-corrected chi connectivity index (χ1v) is 11.3. The van der Waals surface area contributed by atoms with Gasteiger partial charge in [0, 0.05) is 31.6 Å². The molecule has 0 saturated carbocycles. The first kappa shape index (κ1) is 20.2. The van der Waals surface area contributed by atoms with Gasteiger partial charge in [0.15, 0.2) is 0 Å². The van der Waals surface area contributed by atoms with Crippen molar-refractivity contribution in [3.63, 3.8) is 0 Å². The first-order chi connectivity index (χ1) is 14.9. The molecule has 0 amide bonds. The van der Waals surface area contributed by atoms with E-state index in [0.717, 1.165) is 34.5 Å². The summed E-state index contributed by atoms with van der Waals surface area (Å²) in [5.41, 5.74) is 1.95. The van der Waals surface area contributed by atoms with Crippen LogP contribution in [0.3, 0.4) is 0 Å². The Morgan fingerprint density at radius 2 is 2.00 bits per heavy atom. The van der Waals surface area contributed by atoms with Gasteiger partial charge in [0.25, 0.3) is 5.56 Å². The van der Waals surface area contributed by atoms with Crippen LogP contribution >= 0.6 is 22.9 Å². The van der Waals surface area contributed by atoms with Crippen molar-refractivity contribution < 1.29 is 4.39 Å². The minimum Gasteiger partial charge on any atom is -0.341 e. The van der Waals surface area contributed by atoms with Gasteiger partial charge >= 0.3 is 5.69 Å². The van der Waals surface area contributed by atoms with Crippen molar-refractivity contribution in [1.29, 1.82) is 0 Å². The van der Waals surface area contributed by atoms with E-state index in [-0.39, 0.29) is 17.3 Å². The number of hydrogen-bond donors (Lipinski definition) is 0. The summed E-state index contributed by atoms with van der Waals surface area (Å²) in [4.78, 5) is 30.7. The zero-order valence-electron chi connectivity index (χ0n) is 17.1. The van der Waals surface area contributed by atoms with Crippen molar-refractivity contribution in [3.8, 4) is 11.3 Å². The molecule has 4 heterocycles. The summed E-state index contributed by atoms with van der Waals surface area (Å²) in [7, 11) is 3.15. The highest BCUT2D eigenvalue weighted by molar-refractivity contribution is 7.10. The molecule has 5 rings (SSSR count). The van der Waals surface area contributed by atoms with Gasteiger partial charge in [0.1, 0.15) is 16.0 Å². The Morgan fingerprint density at radius 1 is 1.19 bits per heavy atom. The maximum atomic E-state index is 14.2. The fourth-order valence-electron chi connectivity index (χ4n) is 4.68. The van der Waals surface area contributed by atoms with Crippen LogP contribution in [0.15, 0.2) is 39.2 Å². The normalized spacial score (nSPS) is 16.5. The van der Waals surface area contributed by atoms with Crippen molar-refractivity contribution >= 4 is 33.8 Å². The summed E-state index contributed by atoms with van der Waals surface area (Å²) < 4.78 is 18.9. The highest BCUT2D eigenvalue weighted by atomic mass is 35.5. The summed E-state index contributed by atoms with van der Waals surface area (Å²) in [5, 5.41) is 3.51. The lowest BCUT2D eigenvalue weighted by Crippen LogP contribution is -2.37. The highest BCUT2D eigenvalue weighted by Gasteiger charge is 2.32. The lowest BCUT2D eigenvalue weighted by molar-refractivity contribution is 0.625. The number of rotatable bonds is 2. The summed E-state index contributed by atoms with van der Waals surface area (Å²) in [6, 6.07) is 6.26. The third kappa shape index (κ3) is 3.08. The van der Waals surface area contributed by atoms with Gasteiger partial charge in [-0.3, -0.25) is 13.9 Å². The average molecular weight is 459 g/mol. The second-order valence-electron chi connectivity index (χ2n) is 7.88. The Labute approximate surface area is 186 Å². The lowest BCUT2D eigenvalue weighted by Gasteiger charge is -2.16. The van der Waals surface area contributed by atoms with Gasteiger partial charge in [0.05, 0.1) is 28.2 Å². The van der Waals surface area contributed by atoms with E-state index in [9.17, 15) is 14.0 Å². The first-order valence-electron chi connectivity index (χ1n) is 10.1. The third-order valence-electron chi connectivity index (χ3n) is 6.05. The summed E-state index contributed by atoms with van der Waals surface area (Å²) in [5.74, 6) is -0.484. The summed E-state index contributed by atoms with van der Waals surface area (Å²) >= 11 is 7.60. The minimum absolute atomic E-state index is 0.109. The van der Waals surface area contributed by atoms with Gasteiger partial charge in [0.2, 0.25) is 0 Å². The van der Waals surface area contributed by atoms with Crippen LogP contribution in [-0.2, 0) is 20.6 Å². The van der Waals surface area contributed by atoms with Crippen LogP contribution in [0.25, 0.3) is 22.2 Å². The van der Waals surface area contributed by atoms with E-state index in [1.54, 1.807) is 24.6 Å². The number of benzene rings is 1. The fraction of sp³-hybridized carbons (Fsp3) is 0.318. The van der Waals surface area contributed by atoms with Crippen LogP contribution in [0.4, 0.5) is 4.39 Å². The number of nitrogens with zero attached hydrogens (tertiary/aromatic N) is 4. The van der Waals surface area contributed by atoms with Crippen LogP contribution in [0.2, 0.25) is 5.15 Å². The van der Waals surface area contributed by atoms with E-state index < -0.39 is 5.69 Å². The molecule has 31 heavy (non-hydrogen) atoms. The van der Waals surface area contributed by atoms with Gasteiger partial charge in [-0.15, -0.1) is 11.3 Å². The zero-order valence-corrected chi connectivity index (χ0v) is 18.6.